The van der Waals surface area contributed by atoms with Crippen LogP contribution < -0.4 is 23.8 Å². The van der Waals surface area contributed by atoms with Crippen molar-refractivity contribution in [2.75, 3.05) is 72.1 Å². The number of anilines is 1. The average molecular weight is 563 g/mol. The van der Waals surface area contributed by atoms with E-state index in [4.69, 9.17) is 28.4 Å². The fourth-order valence-corrected chi connectivity index (χ4v) is 5.44. The third-order valence-corrected chi connectivity index (χ3v) is 7.59. The maximum Gasteiger partial charge on any atom is 0.188 e. The third kappa shape index (κ3) is 8.28. The molecular weight excluding hydrogens is 520 g/mol. The predicted octanol–water partition coefficient (Wildman–Crippen LogP) is 5.70. The topological polar surface area (TPSA) is 61.9 Å². The van der Waals surface area contributed by atoms with Crippen molar-refractivity contribution in [3.63, 3.8) is 0 Å². The van der Waals surface area contributed by atoms with Crippen molar-refractivity contribution in [2.45, 2.75) is 31.7 Å². The number of likely N-dealkylation sites (tertiary alicyclic amines) is 1. The summed E-state index contributed by atoms with van der Waals surface area (Å²) in [6.45, 7) is 6.54. The van der Waals surface area contributed by atoms with Crippen LogP contribution in [0.3, 0.4) is 0 Å². The zero-order chi connectivity index (χ0) is 28.3. The van der Waals surface area contributed by atoms with Crippen molar-refractivity contribution in [3.8, 4) is 23.0 Å². The quantitative estimate of drug-likeness (QED) is 0.246. The van der Waals surface area contributed by atoms with E-state index in [9.17, 15) is 0 Å². The van der Waals surface area contributed by atoms with E-state index in [1.807, 2.05) is 24.3 Å². The number of rotatable bonds is 13. The van der Waals surface area contributed by atoms with Gasteiger partial charge in [0, 0.05) is 45.8 Å². The number of hydrogen-bond acceptors (Lipinski definition) is 8. The van der Waals surface area contributed by atoms with Gasteiger partial charge in [0.1, 0.15) is 29.6 Å². The Morgan fingerprint density at radius 1 is 0.780 bits per heavy atom. The zero-order valence-corrected chi connectivity index (χ0v) is 24.3. The van der Waals surface area contributed by atoms with E-state index in [2.05, 4.69) is 52.3 Å². The van der Waals surface area contributed by atoms with E-state index in [0.717, 1.165) is 42.6 Å². The van der Waals surface area contributed by atoms with Gasteiger partial charge in [-0.05, 0) is 73.5 Å². The second-order valence-electron chi connectivity index (χ2n) is 10.6. The molecule has 0 saturated carbocycles. The van der Waals surface area contributed by atoms with Gasteiger partial charge < -0.3 is 33.3 Å². The van der Waals surface area contributed by atoms with Gasteiger partial charge in [-0.1, -0.05) is 30.7 Å². The molecule has 0 spiro atoms. The smallest absolute Gasteiger partial charge is 0.188 e. The molecule has 0 radical (unpaired) electrons. The van der Waals surface area contributed by atoms with E-state index in [0.29, 0.717) is 19.0 Å². The van der Waals surface area contributed by atoms with Gasteiger partial charge in [0.25, 0.3) is 0 Å². The Labute approximate surface area is 243 Å². The molecule has 2 heterocycles. The lowest BCUT2D eigenvalue weighted by Crippen LogP contribution is -2.33. The molecule has 1 saturated heterocycles. The normalized spacial score (nSPS) is 17.3. The Bertz CT molecular complexity index is 1210. The van der Waals surface area contributed by atoms with Crippen LogP contribution in [0, 0.1) is 0 Å². The summed E-state index contributed by atoms with van der Waals surface area (Å²) >= 11 is 0. The van der Waals surface area contributed by atoms with Gasteiger partial charge in [-0.25, -0.2) is 0 Å². The zero-order valence-electron chi connectivity index (χ0n) is 24.3. The number of nitrogens with zero attached hydrogens (tertiary/aromatic N) is 2. The predicted molar refractivity (Wildman–Crippen MR) is 159 cm³/mol. The molecule has 1 unspecified atom stereocenters. The Kier molecular flexibility index (Phi) is 10.6. The van der Waals surface area contributed by atoms with Gasteiger partial charge in [-0.3, -0.25) is 4.90 Å². The van der Waals surface area contributed by atoms with E-state index in [1.165, 1.54) is 43.5 Å². The first-order valence-corrected chi connectivity index (χ1v) is 14.5. The SMILES string of the molecule is COCOc1ccc(C2COc3cc(OCOC)ccc3N(Cc3cccc(OCCN4CCCCC4)c3)C2)cc1. The van der Waals surface area contributed by atoms with Crippen molar-refractivity contribution in [1.29, 1.82) is 0 Å². The summed E-state index contributed by atoms with van der Waals surface area (Å²) in [7, 11) is 3.23. The number of hydrogen-bond donors (Lipinski definition) is 0. The fraction of sp³-hybridized carbons (Fsp3) is 0.455. The molecule has 2 aliphatic heterocycles. The molecule has 8 heteroatoms. The van der Waals surface area contributed by atoms with Crippen molar-refractivity contribution >= 4 is 5.69 Å². The molecule has 41 heavy (non-hydrogen) atoms. The fourth-order valence-electron chi connectivity index (χ4n) is 5.44. The van der Waals surface area contributed by atoms with Gasteiger partial charge in [0.2, 0.25) is 0 Å². The second-order valence-corrected chi connectivity index (χ2v) is 10.6. The Hall–Kier alpha value is -3.46. The first-order chi connectivity index (χ1) is 20.2. The lowest BCUT2D eigenvalue weighted by atomic mass is 9.99. The van der Waals surface area contributed by atoms with Gasteiger partial charge in [-0.2, -0.15) is 0 Å². The molecule has 0 aromatic heterocycles. The Balaban J connectivity index is 1.31. The average Bonchev–Trinajstić information content (AvgIpc) is 3.19. The summed E-state index contributed by atoms with van der Waals surface area (Å²) in [6, 6.07) is 22.6. The van der Waals surface area contributed by atoms with Crippen LogP contribution in [0.1, 0.15) is 36.3 Å². The molecule has 1 fully saturated rings. The van der Waals surface area contributed by atoms with Crippen LogP contribution in [0.5, 0.6) is 23.0 Å². The molecule has 0 amide bonds. The van der Waals surface area contributed by atoms with E-state index in [1.54, 1.807) is 14.2 Å². The Morgan fingerprint density at radius 2 is 1.51 bits per heavy atom. The van der Waals surface area contributed by atoms with Crippen molar-refractivity contribution in [3.05, 3.63) is 77.9 Å². The van der Waals surface area contributed by atoms with E-state index in [-0.39, 0.29) is 19.5 Å². The first kappa shape index (κ1) is 29.0. The van der Waals surface area contributed by atoms with Crippen LogP contribution in [0.25, 0.3) is 0 Å². The number of piperidine rings is 1. The summed E-state index contributed by atoms with van der Waals surface area (Å²) in [4.78, 5) is 4.89. The van der Waals surface area contributed by atoms with Crippen LogP contribution in [0.15, 0.2) is 66.7 Å². The van der Waals surface area contributed by atoms with Crippen LogP contribution in [-0.2, 0) is 16.0 Å². The van der Waals surface area contributed by atoms with Gasteiger partial charge in [0.05, 0.1) is 12.3 Å². The highest BCUT2D eigenvalue weighted by atomic mass is 16.7. The number of benzene rings is 3. The summed E-state index contributed by atoms with van der Waals surface area (Å²) < 4.78 is 34.0. The molecule has 8 nitrogen and oxygen atoms in total. The second kappa shape index (κ2) is 15.0. The van der Waals surface area contributed by atoms with Gasteiger partial charge >= 0.3 is 0 Å². The van der Waals surface area contributed by atoms with E-state index < -0.39 is 0 Å². The van der Waals surface area contributed by atoms with Crippen molar-refractivity contribution in [1.82, 2.24) is 4.90 Å². The molecule has 0 N–H and O–H groups in total. The maximum absolute atomic E-state index is 6.39. The van der Waals surface area contributed by atoms with Crippen molar-refractivity contribution in [2.24, 2.45) is 0 Å². The van der Waals surface area contributed by atoms with Crippen LogP contribution in [0.2, 0.25) is 0 Å². The standard InChI is InChI=1S/C33H42N2O6/c1-36-24-40-29-11-9-27(10-12-29)28-22-35(32-14-13-31(41-25-37-2)20-33(32)39-23-28)21-26-7-6-8-30(19-26)38-18-17-34-15-4-3-5-16-34/h6-14,19-20,28H,3-5,15-18,21-25H2,1-2H3. The highest BCUT2D eigenvalue weighted by Gasteiger charge is 2.25. The molecular formula is C33H42N2O6. The summed E-state index contributed by atoms with van der Waals surface area (Å²) in [5.41, 5.74) is 3.42. The maximum atomic E-state index is 6.39. The molecule has 5 rings (SSSR count). The number of ether oxygens (including phenoxy) is 6. The minimum absolute atomic E-state index is 0.159. The first-order valence-electron chi connectivity index (χ1n) is 14.5. The van der Waals surface area contributed by atoms with E-state index >= 15 is 0 Å². The number of methoxy groups -OCH3 is 2. The minimum Gasteiger partial charge on any atom is -0.492 e. The molecule has 3 aromatic carbocycles. The molecule has 3 aromatic rings. The van der Waals surface area contributed by atoms with Crippen LogP contribution in [0.4, 0.5) is 5.69 Å². The third-order valence-electron chi connectivity index (χ3n) is 7.59. The largest absolute Gasteiger partial charge is 0.492 e. The summed E-state index contributed by atoms with van der Waals surface area (Å²) in [5, 5.41) is 0. The van der Waals surface area contributed by atoms with Crippen LogP contribution in [-0.4, -0.2) is 72.1 Å². The minimum atomic E-state index is 0.159. The summed E-state index contributed by atoms with van der Waals surface area (Å²) in [5.74, 6) is 3.37. The molecule has 0 bridgehead atoms. The lowest BCUT2D eigenvalue weighted by Gasteiger charge is -2.27. The summed E-state index contributed by atoms with van der Waals surface area (Å²) in [6.07, 6.45) is 3.94. The van der Waals surface area contributed by atoms with Crippen LogP contribution >= 0.6 is 0 Å². The van der Waals surface area contributed by atoms with Gasteiger partial charge in [0.15, 0.2) is 13.6 Å². The van der Waals surface area contributed by atoms with Crippen molar-refractivity contribution < 1.29 is 28.4 Å². The highest BCUT2D eigenvalue weighted by Crippen LogP contribution is 2.38. The van der Waals surface area contributed by atoms with Gasteiger partial charge in [-0.15, -0.1) is 0 Å². The highest BCUT2D eigenvalue weighted by molar-refractivity contribution is 5.62. The lowest BCUT2D eigenvalue weighted by molar-refractivity contribution is 0.0508. The molecule has 2 aliphatic rings. The molecule has 0 aliphatic carbocycles. The molecule has 220 valence electrons. The Morgan fingerprint density at radius 3 is 2.29 bits per heavy atom. The number of fused-ring (bicyclic) bond motifs is 1. The monoisotopic (exact) mass is 562 g/mol. The molecule has 1 atom stereocenters.